The molecule has 0 aliphatic carbocycles. The minimum Gasteiger partial charge on any atom is -0.497 e. The monoisotopic (exact) mass is 222 g/mol. The van der Waals surface area contributed by atoms with E-state index >= 15 is 0 Å². The molecule has 0 atom stereocenters. The van der Waals surface area contributed by atoms with Crippen LogP contribution in [0, 0.1) is 0 Å². The summed E-state index contributed by atoms with van der Waals surface area (Å²) in [6.07, 6.45) is 2.11. The number of hydrogen-bond acceptors (Lipinski definition) is 3. The summed E-state index contributed by atoms with van der Waals surface area (Å²) in [5.74, 6) is 0.892. The summed E-state index contributed by atoms with van der Waals surface area (Å²) in [5, 5.41) is 0. The first-order chi connectivity index (χ1) is 6.79. The third-order valence-corrected chi connectivity index (χ3v) is 4.28. The Kier molecular flexibility index (Phi) is 2.89. The number of ether oxygens (including phenoxy) is 1. The van der Waals surface area contributed by atoms with Crippen molar-refractivity contribution < 1.29 is 4.74 Å². The Morgan fingerprint density at radius 3 is 2.36 bits per heavy atom. The fourth-order valence-electron chi connectivity index (χ4n) is 1.18. The van der Waals surface area contributed by atoms with Crippen LogP contribution in [0.3, 0.4) is 0 Å². The molecular weight excluding hydrogens is 212 g/mol. The van der Waals surface area contributed by atoms with Gasteiger partial charge in [0, 0.05) is 9.81 Å². The Labute approximate surface area is 91.6 Å². The van der Waals surface area contributed by atoms with Crippen LogP contribution < -0.4 is 4.74 Å². The summed E-state index contributed by atoms with van der Waals surface area (Å²) in [7, 11) is 5.14. The van der Waals surface area contributed by atoms with Gasteiger partial charge in [0.15, 0.2) is 0 Å². The van der Waals surface area contributed by atoms with E-state index in [-0.39, 0.29) is 0 Å². The molecule has 2 rings (SSSR count). The highest BCUT2D eigenvalue weighted by Crippen LogP contribution is 2.48. The average Bonchev–Trinajstić information content (AvgIpc) is 2.65. The van der Waals surface area contributed by atoms with Gasteiger partial charge in [0.1, 0.15) is 5.75 Å². The normalized spacial score (nSPS) is 15.5. The molecule has 0 aromatic heterocycles. The van der Waals surface area contributed by atoms with E-state index in [0.717, 1.165) is 10.7 Å². The van der Waals surface area contributed by atoms with E-state index in [4.69, 9.17) is 4.74 Å². The summed E-state index contributed by atoms with van der Waals surface area (Å²) < 4.78 is 5.10. The van der Waals surface area contributed by atoms with Crippen molar-refractivity contribution in [1.29, 1.82) is 0 Å². The SMILES string of the molecule is C=C1C=C(c2ccc(OC)cc2)SS1. The zero-order valence-corrected chi connectivity index (χ0v) is 9.45. The average molecular weight is 222 g/mol. The van der Waals surface area contributed by atoms with Crippen LogP contribution in [0.5, 0.6) is 5.75 Å². The molecule has 0 saturated carbocycles. The van der Waals surface area contributed by atoms with Crippen molar-refractivity contribution in [3.8, 4) is 5.75 Å². The fourth-order valence-corrected chi connectivity index (χ4v) is 3.21. The van der Waals surface area contributed by atoms with Crippen LogP contribution in [0.2, 0.25) is 0 Å². The van der Waals surface area contributed by atoms with Gasteiger partial charge in [-0.2, -0.15) is 0 Å². The maximum absolute atomic E-state index is 5.10. The van der Waals surface area contributed by atoms with Crippen LogP contribution in [-0.2, 0) is 0 Å². The maximum Gasteiger partial charge on any atom is 0.118 e. The Morgan fingerprint density at radius 2 is 1.86 bits per heavy atom. The van der Waals surface area contributed by atoms with Crippen LogP contribution in [-0.4, -0.2) is 7.11 Å². The van der Waals surface area contributed by atoms with Crippen molar-refractivity contribution in [2.24, 2.45) is 0 Å². The number of hydrogen-bond donors (Lipinski definition) is 0. The van der Waals surface area contributed by atoms with E-state index in [0.29, 0.717) is 0 Å². The lowest BCUT2D eigenvalue weighted by Gasteiger charge is -2.02. The topological polar surface area (TPSA) is 9.23 Å². The van der Waals surface area contributed by atoms with Gasteiger partial charge >= 0.3 is 0 Å². The predicted molar refractivity (Wildman–Crippen MR) is 65.3 cm³/mol. The lowest BCUT2D eigenvalue weighted by atomic mass is 10.2. The summed E-state index contributed by atoms with van der Waals surface area (Å²) in [5.41, 5.74) is 1.22. The molecule has 0 radical (unpaired) electrons. The van der Waals surface area contributed by atoms with Crippen LogP contribution in [0.15, 0.2) is 41.8 Å². The highest BCUT2D eigenvalue weighted by Gasteiger charge is 2.11. The highest BCUT2D eigenvalue weighted by molar-refractivity contribution is 8.82. The molecule has 14 heavy (non-hydrogen) atoms. The molecule has 0 fully saturated rings. The summed E-state index contributed by atoms with van der Waals surface area (Å²) in [4.78, 5) is 2.38. The van der Waals surface area contributed by atoms with E-state index < -0.39 is 0 Å². The van der Waals surface area contributed by atoms with Gasteiger partial charge in [0.2, 0.25) is 0 Å². The smallest absolute Gasteiger partial charge is 0.118 e. The van der Waals surface area contributed by atoms with Crippen molar-refractivity contribution in [3.05, 3.63) is 47.4 Å². The summed E-state index contributed by atoms with van der Waals surface area (Å²) in [6, 6.07) is 8.08. The zero-order valence-electron chi connectivity index (χ0n) is 7.82. The zero-order chi connectivity index (χ0) is 9.97. The molecule has 0 saturated heterocycles. The van der Waals surface area contributed by atoms with Gasteiger partial charge in [-0.15, -0.1) is 0 Å². The lowest BCUT2D eigenvalue weighted by Crippen LogP contribution is -1.82. The molecule has 3 heteroatoms. The molecule has 0 unspecified atom stereocenters. The van der Waals surface area contributed by atoms with E-state index in [1.165, 1.54) is 10.5 Å². The number of rotatable bonds is 2. The largest absolute Gasteiger partial charge is 0.497 e. The molecule has 1 aliphatic heterocycles. The minimum atomic E-state index is 0.892. The van der Waals surface area contributed by atoms with Crippen LogP contribution in [0.1, 0.15) is 5.56 Å². The number of methoxy groups -OCH3 is 1. The molecule has 0 amide bonds. The molecule has 1 aromatic carbocycles. The second-order valence-corrected chi connectivity index (χ2v) is 5.17. The highest BCUT2D eigenvalue weighted by atomic mass is 33.1. The summed E-state index contributed by atoms with van der Waals surface area (Å²) >= 11 is 0. The van der Waals surface area contributed by atoms with Gasteiger partial charge in [0.05, 0.1) is 7.11 Å². The molecule has 72 valence electrons. The number of benzene rings is 1. The molecular formula is C11H10OS2. The van der Waals surface area contributed by atoms with Crippen molar-refractivity contribution in [2.75, 3.05) is 7.11 Å². The van der Waals surface area contributed by atoms with Crippen molar-refractivity contribution >= 4 is 26.5 Å². The second kappa shape index (κ2) is 4.15. The predicted octanol–water partition coefficient (Wildman–Crippen LogP) is 3.94. The van der Waals surface area contributed by atoms with E-state index in [2.05, 4.69) is 24.8 Å². The van der Waals surface area contributed by atoms with Gasteiger partial charge in [0.25, 0.3) is 0 Å². The van der Waals surface area contributed by atoms with Gasteiger partial charge in [-0.05, 0) is 23.8 Å². The van der Waals surface area contributed by atoms with E-state index in [1.54, 1.807) is 28.7 Å². The van der Waals surface area contributed by atoms with E-state index in [9.17, 15) is 0 Å². The second-order valence-electron chi connectivity index (χ2n) is 2.87. The Hall–Kier alpha value is -0.800. The molecule has 1 heterocycles. The van der Waals surface area contributed by atoms with Gasteiger partial charge in [-0.1, -0.05) is 40.3 Å². The maximum atomic E-state index is 5.10. The number of allylic oxidation sites excluding steroid dienone is 1. The molecule has 1 aliphatic rings. The third kappa shape index (κ3) is 1.99. The Balaban J connectivity index is 2.25. The Morgan fingerprint density at radius 1 is 1.14 bits per heavy atom. The molecule has 1 aromatic rings. The molecule has 0 bridgehead atoms. The fraction of sp³-hybridized carbons (Fsp3) is 0.0909. The first-order valence-corrected chi connectivity index (χ1v) is 6.34. The quantitative estimate of drug-likeness (QED) is 0.701. The van der Waals surface area contributed by atoms with Crippen molar-refractivity contribution in [1.82, 2.24) is 0 Å². The standard InChI is InChI=1S/C11H10OS2/c1-8-7-11(14-13-8)9-3-5-10(12-2)6-4-9/h3-7H,1H2,2H3. The van der Waals surface area contributed by atoms with Crippen LogP contribution in [0.4, 0.5) is 0 Å². The van der Waals surface area contributed by atoms with Gasteiger partial charge < -0.3 is 4.74 Å². The van der Waals surface area contributed by atoms with Gasteiger partial charge in [-0.25, -0.2) is 0 Å². The van der Waals surface area contributed by atoms with Crippen LogP contribution in [0.25, 0.3) is 4.91 Å². The first kappa shape index (κ1) is 9.74. The molecule has 1 nitrogen and oxygen atoms in total. The molecule has 0 N–H and O–H groups in total. The van der Waals surface area contributed by atoms with Crippen molar-refractivity contribution in [2.45, 2.75) is 0 Å². The first-order valence-electron chi connectivity index (χ1n) is 4.19. The minimum absolute atomic E-state index is 0.892. The third-order valence-electron chi connectivity index (χ3n) is 1.91. The van der Waals surface area contributed by atoms with Crippen LogP contribution >= 0.6 is 21.6 Å². The van der Waals surface area contributed by atoms with Gasteiger partial charge in [-0.3, -0.25) is 0 Å². The van der Waals surface area contributed by atoms with E-state index in [1.807, 2.05) is 12.1 Å². The summed E-state index contributed by atoms with van der Waals surface area (Å²) in [6.45, 7) is 3.90. The Bertz CT molecular complexity index is 379. The van der Waals surface area contributed by atoms with Crippen molar-refractivity contribution in [3.63, 3.8) is 0 Å². The lowest BCUT2D eigenvalue weighted by molar-refractivity contribution is 0.415. The molecule has 0 spiro atoms.